The third-order valence-electron chi connectivity index (χ3n) is 2.81. The molecule has 1 aromatic heterocycles. The Morgan fingerprint density at radius 2 is 1.85 bits per heavy atom. The fraction of sp³-hybridized carbons (Fsp3) is 0.267. The second-order valence-electron chi connectivity index (χ2n) is 4.35. The molecule has 0 atom stereocenters. The molecule has 2 rings (SSSR count). The van der Waals surface area contributed by atoms with Crippen LogP contribution in [0.4, 0.5) is 5.82 Å². The fourth-order valence-corrected chi connectivity index (χ4v) is 2.31. The second kappa shape index (κ2) is 6.82. The Kier molecular flexibility index (Phi) is 5.10. The zero-order valence-electron chi connectivity index (χ0n) is 11.4. The Labute approximate surface area is 128 Å². The quantitative estimate of drug-likeness (QED) is 0.826. The Hall–Kier alpha value is -1.45. The van der Waals surface area contributed by atoms with Gasteiger partial charge >= 0.3 is 0 Å². The van der Waals surface area contributed by atoms with E-state index in [-0.39, 0.29) is 0 Å². The van der Waals surface area contributed by atoms with Crippen LogP contribution in [0.15, 0.2) is 30.3 Å². The third-order valence-corrected chi connectivity index (χ3v) is 3.37. The van der Waals surface area contributed by atoms with Gasteiger partial charge in [0, 0.05) is 7.05 Å². The molecule has 0 spiro atoms. The first-order valence-electron chi connectivity index (χ1n) is 6.44. The van der Waals surface area contributed by atoms with E-state index in [1.165, 1.54) is 5.56 Å². The molecule has 106 valence electrons. The van der Waals surface area contributed by atoms with Crippen LogP contribution in [-0.4, -0.2) is 12.0 Å². The number of ether oxygens (including phenoxy) is 1. The van der Waals surface area contributed by atoms with Crippen molar-refractivity contribution >= 4 is 29.0 Å². The van der Waals surface area contributed by atoms with Crippen molar-refractivity contribution in [2.24, 2.45) is 0 Å². The highest BCUT2D eigenvalue weighted by Crippen LogP contribution is 2.33. The summed E-state index contributed by atoms with van der Waals surface area (Å²) in [5.74, 6) is 1.57. The molecule has 1 aromatic carbocycles. The molecule has 0 saturated carbocycles. The summed E-state index contributed by atoms with van der Waals surface area (Å²) in [7, 11) is 1.74. The largest absolute Gasteiger partial charge is 0.437 e. The SMILES string of the molecule is CCCc1ccc(Oc2nc(NC)c(Cl)cc2Cl)cc1. The molecular weight excluding hydrogens is 295 g/mol. The minimum absolute atomic E-state index is 0.337. The maximum Gasteiger partial charge on any atom is 0.240 e. The van der Waals surface area contributed by atoms with Crippen molar-refractivity contribution in [3.8, 4) is 11.6 Å². The van der Waals surface area contributed by atoms with Crippen LogP contribution in [0.5, 0.6) is 11.6 Å². The minimum atomic E-state index is 0.337. The van der Waals surface area contributed by atoms with Gasteiger partial charge in [-0.05, 0) is 30.2 Å². The number of aromatic nitrogens is 1. The van der Waals surface area contributed by atoms with Gasteiger partial charge in [0.05, 0.1) is 5.02 Å². The molecule has 0 aliphatic heterocycles. The molecular formula is C15H16Cl2N2O. The monoisotopic (exact) mass is 310 g/mol. The Morgan fingerprint density at radius 1 is 1.15 bits per heavy atom. The lowest BCUT2D eigenvalue weighted by atomic mass is 10.1. The van der Waals surface area contributed by atoms with E-state index in [9.17, 15) is 0 Å². The molecule has 1 N–H and O–H groups in total. The predicted molar refractivity (Wildman–Crippen MR) is 84.3 cm³/mol. The molecule has 0 bridgehead atoms. The number of halogens is 2. The molecule has 20 heavy (non-hydrogen) atoms. The van der Waals surface area contributed by atoms with Crippen LogP contribution >= 0.6 is 23.2 Å². The lowest BCUT2D eigenvalue weighted by molar-refractivity contribution is 0.464. The summed E-state index contributed by atoms with van der Waals surface area (Å²) in [4.78, 5) is 4.25. The van der Waals surface area contributed by atoms with Gasteiger partial charge in [-0.15, -0.1) is 0 Å². The number of aryl methyl sites for hydroxylation is 1. The van der Waals surface area contributed by atoms with E-state index in [1.54, 1.807) is 13.1 Å². The van der Waals surface area contributed by atoms with E-state index in [2.05, 4.69) is 17.2 Å². The van der Waals surface area contributed by atoms with Crippen LogP contribution in [0.25, 0.3) is 0 Å². The lowest BCUT2D eigenvalue weighted by Gasteiger charge is -2.10. The fourth-order valence-electron chi connectivity index (χ4n) is 1.82. The Bertz CT molecular complexity index is 585. The number of nitrogens with one attached hydrogen (secondary N) is 1. The summed E-state index contributed by atoms with van der Waals surface area (Å²) in [6.45, 7) is 2.15. The number of benzene rings is 1. The first-order chi connectivity index (χ1) is 9.63. The van der Waals surface area contributed by atoms with Crippen LogP contribution in [0.1, 0.15) is 18.9 Å². The van der Waals surface area contributed by atoms with Gasteiger partial charge in [-0.3, -0.25) is 0 Å². The minimum Gasteiger partial charge on any atom is -0.437 e. The zero-order chi connectivity index (χ0) is 14.5. The molecule has 0 fully saturated rings. The number of nitrogens with zero attached hydrogens (tertiary/aromatic N) is 1. The number of hydrogen-bond donors (Lipinski definition) is 1. The van der Waals surface area contributed by atoms with E-state index >= 15 is 0 Å². The summed E-state index contributed by atoms with van der Waals surface area (Å²) in [6, 6.07) is 9.53. The molecule has 0 aliphatic rings. The molecule has 0 radical (unpaired) electrons. The van der Waals surface area contributed by atoms with Crippen molar-refractivity contribution in [2.45, 2.75) is 19.8 Å². The number of rotatable bonds is 5. The van der Waals surface area contributed by atoms with E-state index in [1.807, 2.05) is 24.3 Å². The van der Waals surface area contributed by atoms with Gasteiger partial charge in [-0.1, -0.05) is 48.7 Å². The normalized spacial score (nSPS) is 10.4. The predicted octanol–water partition coefficient (Wildman–Crippen LogP) is 5.17. The number of anilines is 1. The highest BCUT2D eigenvalue weighted by atomic mass is 35.5. The maximum absolute atomic E-state index is 6.09. The molecule has 0 aliphatic carbocycles. The van der Waals surface area contributed by atoms with Gasteiger partial charge in [0.2, 0.25) is 5.88 Å². The second-order valence-corrected chi connectivity index (χ2v) is 5.17. The van der Waals surface area contributed by atoms with Gasteiger partial charge in [-0.25, -0.2) is 0 Å². The summed E-state index contributed by atoms with van der Waals surface area (Å²) < 4.78 is 5.70. The highest BCUT2D eigenvalue weighted by Gasteiger charge is 2.10. The van der Waals surface area contributed by atoms with E-state index in [0.717, 1.165) is 12.8 Å². The van der Waals surface area contributed by atoms with Crippen LogP contribution in [-0.2, 0) is 6.42 Å². The van der Waals surface area contributed by atoms with Crippen molar-refractivity contribution in [1.29, 1.82) is 0 Å². The van der Waals surface area contributed by atoms with Gasteiger partial charge in [0.1, 0.15) is 16.6 Å². The van der Waals surface area contributed by atoms with Gasteiger partial charge in [0.25, 0.3) is 0 Å². The molecule has 0 amide bonds. The van der Waals surface area contributed by atoms with Crippen LogP contribution in [0, 0.1) is 0 Å². The zero-order valence-corrected chi connectivity index (χ0v) is 12.9. The molecule has 5 heteroatoms. The highest BCUT2D eigenvalue weighted by molar-refractivity contribution is 6.36. The van der Waals surface area contributed by atoms with E-state index in [4.69, 9.17) is 27.9 Å². The first kappa shape index (κ1) is 14.9. The van der Waals surface area contributed by atoms with Crippen molar-refractivity contribution in [2.75, 3.05) is 12.4 Å². The van der Waals surface area contributed by atoms with Crippen molar-refractivity contribution in [3.05, 3.63) is 45.9 Å². The average Bonchev–Trinajstić information content (AvgIpc) is 2.44. The summed E-state index contributed by atoms with van der Waals surface area (Å²) in [6.07, 6.45) is 2.18. The number of pyridine rings is 1. The lowest BCUT2D eigenvalue weighted by Crippen LogP contribution is -1.97. The van der Waals surface area contributed by atoms with E-state index < -0.39 is 0 Å². The third kappa shape index (κ3) is 3.56. The van der Waals surface area contributed by atoms with E-state index in [0.29, 0.717) is 27.5 Å². The molecule has 3 nitrogen and oxygen atoms in total. The standard InChI is InChI=1S/C15H16Cl2N2O/c1-3-4-10-5-7-11(8-6-10)20-15-13(17)9-12(16)14(18-2)19-15/h5-9H,3-4H2,1-2H3,(H,18,19). The molecule has 0 saturated heterocycles. The average molecular weight is 311 g/mol. The van der Waals surface area contributed by atoms with Crippen LogP contribution in [0.2, 0.25) is 10.0 Å². The molecule has 1 heterocycles. The number of hydrogen-bond acceptors (Lipinski definition) is 3. The van der Waals surface area contributed by atoms with Gasteiger partial charge in [0.15, 0.2) is 0 Å². The Morgan fingerprint density at radius 3 is 2.45 bits per heavy atom. The van der Waals surface area contributed by atoms with Crippen molar-refractivity contribution in [1.82, 2.24) is 4.98 Å². The topological polar surface area (TPSA) is 34.1 Å². The van der Waals surface area contributed by atoms with Gasteiger partial charge in [-0.2, -0.15) is 4.98 Å². The maximum atomic E-state index is 6.09. The first-order valence-corrected chi connectivity index (χ1v) is 7.20. The van der Waals surface area contributed by atoms with Crippen molar-refractivity contribution in [3.63, 3.8) is 0 Å². The smallest absolute Gasteiger partial charge is 0.240 e. The van der Waals surface area contributed by atoms with Crippen LogP contribution < -0.4 is 10.1 Å². The van der Waals surface area contributed by atoms with Crippen molar-refractivity contribution < 1.29 is 4.74 Å². The summed E-state index contributed by atoms with van der Waals surface area (Å²) >= 11 is 12.1. The summed E-state index contributed by atoms with van der Waals surface area (Å²) in [5, 5.41) is 3.74. The molecule has 2 aromatic rings. The summed E-state index contributed by atoms with van der Waals surface area (Å²) in [5.41, 5.74) is 1.28. The van der Waals surface area contributed by atoms with Crippen LogP contribution in [0.3, 0.4) is 0 Å². The molecule has 0 unspecified atom stereocenters. The Balaban J connectivity index is 2.21. The van der Waals surface area contributed by atoms with Gasteiger partial charge < -0.3 is 10.1 Å².